The van der Waals surface area contributed by atoms with Gasteiger partial charge in [-0.1, -0.05) is 68.7 Å². The smallest absolute Gasteiger partial charge is 0.333 e. The fourth-order valence-electron chi connectivity index (χ4n) is 3.59. The molecular formula is C29H44N2O6. The number of carbonyl (C=O) groups excluding carboxylic acids is 1. The van der Waals surface area contributed by atoms with Gasteiger partial charge in [-0.05, 0) is 43.0 Å². The molecule has 0 heterocycles. The highest BCUT2D eigenvalue weighted by molar-refractivity contribution is 5.77. The molecule has 1 atom stereocenters. The van der Waals surface area contributed by atoms with Crippen molar-refractivity contribution in [2.24, 2.45) is 5.73 Å². The minimum absolute atomic E-state index is 0.0153. The zero-order valence-electron chi connectivity index (χ0n) is 22.3. The fraction of sp³-hybridized carbons (Fsp3) is 0.517. The number of ether oxygens (including phenoxy) is 2. The lowest BCUT2D eigenvalue weighted by Gasteiger charge is -2.23. The molecule has 0 spiro atoms. The molecule has 8 nitrogen and oxygen atoms in total. The lowest BCUT2D eigenvalue weighted by atomic mass is 10.1. The van der Waals surface area contributed by atoms with Crippen molar-refractivity contribution in [2.75, 3.05) is 39.5 Å². The van der Waals surface area contributed by atoms with Crippen LogP contribution in [0.3, 0.4) is 0 Å². The summed E-state index contributed by atoms with van der Waals surface area (Å²) in [7, 11) is 0. The fourth-order valence-corrected chi connectivity index (χ4v) is 3.59. The highest BCUT2D eigenvalue weighted by Crippen LogP contribution is 2.15. The number of benzene rings is 2. The molecule has 4 N–H and O–H groups in total. The third kappa shape index (κ3) is 14.4. The molecule has 2 aromatic carbocycles. The van der Waals surface area contributed by atoms with E-state index in [1.807, 2.05) is 35.2 Å². The zero-order valence-corrected chi connectivity index (χ0v) is 22.3. The quantitative estimate of drug-likeness (QED) is 0.274. The molecule has 0 bridgehead atoms. The molecule has 0 unspecified atom stereocenters. The van der Waals surface area contributed by atoms with Crippen LogP contribution >= 0.6 is 0 Å². The minimum atomic E-state index is -0.975. The summed E-state index contributed by atoms with van der Waals surface area (Å²) in [6.45, 7) is 6.16. The number of nitrogens with two attached hydrogens (primary N) is 1. The Morgan fingerprint density at radius 1 is 0.946 bits per heavy atom. The van der Waals surface area contributed by atoms with Crippen molar-refractivity contribution in [3.05, 3.63) is 65.7 Å². The predicted octanol–water partition coefficient (Wildman–Crippen LogP) is 3.69. The van der Waals surface area contributed by atoms with Gasteiger partial charge < -0.3 is 30.3 Å². The van der Waals surface area contributed by atoms with Gasteiger partial charge in [0.15, 0.2) is 12.7 Å². The van der Waals surface area contributed by atoms with E-state index in [1.54, 1.807) is 19.1 Å². The van der Waals surface area contributed by atoms with E-state index >= 15 is 0 Å². The van der Waals surface area contributed by atoms with Crippen LogP contribution in [-0.2, 0) is 27.2 Å². The van der Waals surface area contributed by atoms with Gasteiger partial charge in [0.05, 0.1) is 6.61 Å². The molecule has 206 valence electrons. The van der Waals surface area contributed by atoms with Crippen LogP contribution in [0.4, 0.5) is 0 Å². The number of carboxylic acid groups (broad SMARTS) is 1. The Bertz CT molecular complexity index is 858. The van der Waals surface area contributed by atoms with E-state index in [9.17, 15) is 14.7 Å². The SMILES string of the molecule is CCCCCCN(CCc1ccccc1)C(=O)COc1ccc(C[C@H](OCC)C(=O)O)cc1.NCCO. The van der Waals surface area contributed by atoms with Crippen molar-refractivity contribution in [1.82, 2.24) is 4.90 Å². The molecule has 37 heavy (non-hydrogen) atoms. The van der Waals surface area contributed by atoms with Crippen molar-refractivity contribution in [2.45, 2.75) is 58.5 Å². The second-order valence-corrected chi connectivity index (χ2v) is 8.61. The summed E-state index contributed by atoms with van der Waals surface area (Å²) in [6, 6.07) is 17.3. The number of carboxylic acids is 1. The molecule has 0 aromatic heterocycles. The van der Waals surface area contributed by atoms with E-state index < -0.39 is 12.1 Å². The summed E-state index contributed by atoms with van der Waals surface area (Å²) < 4.78 is 11.0. The molecule has 0 saturated heterocycles. The van der Waals surface area contributed by atoms with Crippen molar-refractivity contribution in [1.29, 1.82) is 0 Å². The Hall–Kier alpha value is -2.94. The van der Waals surface area contributed by atoms with Gasteiger partial charge in [-0.3, -0.25) is 4.79 Å². The molecule has 0 radical (unpaired) electrons. The second kappa shape index (κ2) is 20.2. The van der Waals surface area contributed by atoms with Gasteiger partial charge in [-0.2, -0.15) is 0 Å². The Morgan fingerprint density at radius 3 is 2.19 bits per heavy atom. The summed E-state index contributed by atoms with van der Waals surface area (Å²) in [4.78, 5) is 26.0. The van der Waals surface area contributed by atoms with E-state index in [4.69, 9.17) is 20.3 Å². The molecular weight excluding hydrogens is 472 g/mol. The van der Waals surface area contributed by atoms with Gasteiger partial charge in [0.2, 0.25) is 0 Å². The number of hydrogen-bond acceptors (Lipinski definition) is 6. The number of aliphatic carboxylic acids is 1. The van der Waals surface area contributed by atoms with Crippen molar-refractivity contribution in [3.8, 4) is 5.75 Å². The zero-order chi connectivity index (χ0) is 27.3. The maximum absolute atomic E-state index is 12.9. The Balaban J connectivity index is 0.00000159. The van der Waals surface area contributed by atoms with Gasteiger partial charge in [0.1, 0.15) is 5.75 Å². The highest BCUT2D eigenvalue weighted by atomic mass is 16.5. The lowest BCUT2D eigenvalue weighted by Crippen LogP contribution is -2.37. The highest BCUT2D eigenvalue weighted by Gasteiger charge is 2.18. The molecule has 2 rings (SSSR count). The van der Waals surface area contributed by atoms with Crippen LogP contribution in [0.15, 0.2) is 54.6 Å². The molecule has 0 aliphatic heterocycles. The third-order valence-electron chi connectivity index (χ3n) is 5.63. The summed E-state index contributed by atoms with van der Waals surface area (Å²) >= 11 is 0. The third-order valence-corrected chi connectivity index (χ3v) is 5.63. The van der Waals surface area contributed by atoms with E-state index in [0.717, 1.165) is 37.8 Å². The van der Waals surface area contributed by atoms with Gasteiger partial charge in [-0.25, -0.2) is 4.79 Å². The first-order valence-corrected chi connectivity index (χ1v) is 13.1. The van der Waals surface area contributed by atoms with Crippen molar-refractivity contribution in [3.63, 3.8) is 0 Å². The van der Waals surface area contributed by atoms with Crippen LogP contribution < -0.4 is 10.5 Å². The number of aliphatic hydroxyl groups is 1. The Morgan fingerprint density at radius 2 is 1.62 bits per heavy atom. The van der Waals surface area contributed by atoms with E-state index in [1.165, 1.54) is 12.0 Å². The normalized spacial score (nSPS) is 11.2. The first kappa shape index (κ1) is 32.1. The average molecular weight is 517 g/mol. The summed E-state index contributed by atoms with van der Waals surface area (Å²) in [5.41, 5.74) is 6.84. The van der Waals surface area contributed by atoms with Crippen LogP contribution in [0, 0.1) is 0 Å². The van der Waals surface area contributed by atoms with E-state index in [-0.39, 0.29) is 25.5 Å². The van der Waals surface area contributed by atoms with Gasteiger partial charge in [-0.15, -0.1) is 0 Å². The number of amides is 1. The van der Waals surface area contributed by atoms with E-state index in [2.05, 4.69) is 19.1 Å². The first-order valence-electron chi connectivity index (χ1n) is 13.1. The molecule has 0 saturated carbocycles. The van der Waals surface area contributed by atoms with E-state index in [0.29, 0.717) is 25.4 Å². The second-order valence-electron chi connectivity index (χ2n) is 8.61. The van der Waals surface area contributed by atoms with Crippen molar-refractivity contribution < 1.29 is 29.3 Å². The van der Waals surface area contributed by atoms with Gasteiger partial charge >= 0.3 is 5.97 Å². The minimum Gasteiger partial charge on any atom is -0.484 e. The topological polar surface area (TPSA) is 122 Å². The van der Waals surface area contributed by atoms with Crippen LogP contribution in [-0.4, -0.2) is 72.5 Å². The standard InChI is InChI=1S/C27H37NO5.C2H7NO/c1-3-5-6-10-18-28(19-17-22-11-8-7-9-12-22)26(29)21-33-24-15-13-23(14-16-24)20-25(27(30)31)32-4-2;3-1-2-4/h7-9,11-16,25H,3-6,10,17-21H2,1-2H3,(H,30,31);4H,1-3H2/t25-;/m0./s1. The maximum Gasteiger partial charge on any atom is 0.333 e. The molecule has 0 aliphatic carbocycles. The molecule has 0 fully saturated rings. The van der Waals surface area contributed by atoms with Crippen LogP contribution in [0.2, 0.25) is 0 Å². The van der Waals surface area contributed by atoms with Gasteiger partial charge in [0.25, 0.3) is 5.91 Å². The van der Waals surface area contributed by atoms with Gasteiger partial charge in [0, 0.05) is 32.7 Å². The van der Waals surface area contributed by atoms with Crippen LogP contribution in [0.5, 0.6) is 5.75 Å². The largest absolute Gasteiger partial charge is 0.484 e. The number of hydrogen-bond donors (Lipinski definition) is 3. The lowest BCUT2D eigenvalue weighted by molar-refractivity contribution is -0.150. The number of rotatable bonds is 17. The monoisotopic (exact) mass is 516 g/mol. The maximum atomic E-state index is 12.9. The number of unbranched alkanes of at least 4 members (excludes halogenated alkanes) is 3. The number of aliphatic hydroxyl groups excluding tert-OH is 1. The van der Waals surface area contributed by atoms with Crippen LogP contribution in [0.25, 0.3) is 0 Å². The molecule has 8 heteroatoms. The first-order chi connectivity index (χ1) is 17.9. The average Bonchev–Trinajstić information content (AvgIpc) is 2.92. The summed E-state index contributed by atoms with van der Waals surface area (Å²) in [5.74, 6) is -0.407. The molecule has 0 aliphatic rings. The van der Waals surface area contributed by atoms with Crippen LogP contribution in [0.1, 0.15) is 50.7 Å². The predicted molar refractivity (Wildman–Crippen MR) is 146 cm³/mol. The molecule has 2 aromatic rings. The summed E-state index contributed by atoms with van der Waals surface area (Å²) in [6.07, 6.45) is 4.69. The van der Waals surface area contributed by atoms with Crippen molar-refractivity contribution >= 4 is 11.9 Å². The Labute approximate surface area is 221 Å². The number of carbonyl (C=O) groups is 2. The Kier molecular flexibility index (Phi) is 17.5. The molecule has 1 amide bonds. The number of nitrogens with zero attached hydrogens (tertiary/aromatic N) is 1. The summed E-state index contributed by atoms with van der Waals surface area (Å²) in [5, 5.41) is 17.0.